The zero-order valence-electron chi connectivity index (χ0n) is 14.7. The molecule has 2 unspecified atom stereocenters. The molecule has 0 saturated heterocycles. The van der Waals surface area contributed by atoms with E-state index in [4.69, 9.17) is 4.42 Å². The number of carbonyl (C=O) groups is 1. The predicted octanol–water partition coefficient (Wildman–Crippen LogP) is 3.63. The lowest BCUT2D eigenvalue weighted by Gasteiger charge is -2.30. The van der Waals surface area contributed by atoms with Crippen molar-refractivity contribution in [1.82, 2.24) is 10.3 Å². The SMILES string of the molecule is Cc1nc(-c2cccc(NC(=O)NC3CCCCC3CO)c2)oc1C. The molecule has 25 heavy (non-hydrogen) atoms. The number of hydrogen-bond donors (Lipinski definition) is 3. The summed E-state index contributed by atoms with van der Waals surface area (Å²) in [7, 11) is 0. The number of rotatable bonds is 4. The first kappa shape index (κ1) is 17.5. The van der Waals surface area contributed by atoms with Gasteiger partial charge in [0.1, 0.15) is 5.76 Å². The molecule has 1 aromatic heterocycles. The molecule has 0 spiro atoms. The van der Waals surface area contributed by atoms with Gasteiger partial charge in [-0.15, -0.1) is 0 Å². The molecule has 1 aliphatic rings. The summed E-state index contributed by atoms with van der Waals surface area (Å²) >= 11 is 0. The van der Waals surface area contributed by atoms with Crippen molar-refractivity contribution >= 4 is 11.7 Å². The maximum Gasteiger partial charge on any atom is 0.319 e. The highest BCUT2D eigenvalue weighted by Crippen LogP contribution is 2.25. The quantitative estimate of drug-likeness (QED) is 0.791. The van der Waals surface area contributed by atoms with Crippen LogP contribution in [0.5, 0.6) is 0 Å². The van der Waals surface area contributed by atoms with Crippen molar-refractivity contribution in [3.8, 4) is 11.5 Å². The third-order valence-electron chi connectivity index (χ3n) is 4.86. The minimum Gasteiger partial charge on any atom is -0.441 e. The van der Waals surface area contributed by atoms with Crippen molar-refractivity contribution in [2.75, 3.05) is 11.9 Å². The Morgan fingerprint density at radius 1 is 1.32 bits per heavy atom. The van der Waals surface area contributed by atoms with Crippen molar-refractivity contribution in [2.45, 2.75) is 45.6 Å². The number of nitrogens with one attached hydrogen (secondary N) is 2. The Morgan fingerprint density at radius 3 is 2.84 bits per heavy atom. The highest BCUT2D eigenvalue weighted by atomic mass is 16.4. The standard InChI is InChI=1S/C19H25N3O3/c1-12-13(2)25-18(20-12)14-7-5-8-16(10-14)21-19(24)22-17-9-4-3-6-15(17)11-23/h5,7-8,10,15,17,23H,3-4,6,9,11H2,1-2H3,(H2,21,22,24). The molecule has 2 aromatic rings. The van der Waals surface area contributed by atoms with Gasteiger partial charge in [0.2, 0.25) is 5.89 Å². The second-order valence-corrected chi connectivity index (χ2v) is 6.67. The van der Waals surface area contributed by atoms with Crippen LogP contribution in [0.3, 0.4) is 0 Å². The average Bonchev–Trinajstić information content (AvgIpc) is 2.94. The Kier molecular flexibility index (Phi) is 5.38. The van der Waals surface area contributed by atoms with Gasteiger partial charge in [0.15, 0.2) is 0 Å². The van der Waals surface area contributed by atoms with E-state index in [0.29, 0.717) is 11.6 Å². The van der Waals surface area contributed by atoms with Gasteiger partial charge in [-0.25, -0.2) is 9.78 Å². The fourth-order valence-corrected chi connectivity index (χ4v) is 3.28. The molecule has 6 heteroatoms. The molecule has 0 bridgehead atoms. The van der Waals surface area contributed by atoms with Gasteiger partial charge in [-0.2, -0.15) is 0 Å². The number of anilines is 1. The van der Waals surface area contributed by atoms with Gasteiger partial charge in [0, 0.05) is 29.8 Å². The molecule has 1 fully saturated rings. The molecule has 0 radical (unpaired) electrons. The Morgan fingerprint density at radius 2 is 2.12 bits per heavy atom. The van der Waals surface area contributed by atoms with Crippen molar-refractivity contribution in [3.05, 3.63) is 35.7 Å². The maximum absolute atomic E-state index is 12.3. The van der Waals surface area contributed by atoms with E-state index in [1.54, 1.807) is 0 Å². The molecule has 3 N–H and O–H groups in total. The molecule has 134 valence electrons. The highest BCUT2D eigenvalue weighted by Gasteiger charge is 2.25. The number of benzene rings is 1. The predicted molar refractivity (Wildman–Crippen MR) is 96.4 cm³/mol. The molecule has 3 rings (SSSR count). The van der Waals surface area contributed by atoms with E-state index in [1.807, 2.05) is 38.1 Å². The number of hydrogen-bond acceptors (Lipinski definition) is 4. The molecule has 0 aliphatic heterocycles. The van der Waals surface area contributed by atoms with Crippen molar-refractivity contribution in [1.29, 1.82) is 0 Å². The van der Waals surface area contributed by atoms with E-state index in [2.05, 4.69) is 15.6 Å². The summed E-state index contributed by atoms with van der Waals surface area (Å²) in [6.07, 6.45) is 4.06. The highest BCUT2D eigenvalue weighted by molar-refractivity contribution is 5.90. The third-order valence-corrected chi connectivity index (χ3v) is 4.86. The Hall–Kier alpha value is -2.34. The molecular formula is C19H25N3O3. The lowest BCUT2D eigenvalue weighted by molar-refractivity contribution is 0.156. The van der Waals surface area contributed by atoms with Gasteiger partial charge in [-0.3, -0.25) is 0 Å². The van der Waals surface area contributed by atoms with Crippen LogP contribution in [0.25, 0.3) is 11.5 Å². The van der Waals surface area contributed by atoms with E-state index < -0.39 is 0 Å². The monoisotopic (exact) mass is 343 g/mol. The zero-order chi connectivity index (χ0) is 17.8. The topological polar surface area (TPSA) is 87.4 Å². The molecule has 2 amide bonds. The number of oxazole rings is 1. The van der Waals surface area contributed by atoms with E-state index in [-0.39, 0.29) is 24.6 Å². The van der Waals surface area contributed by atoms with Crippen LogP contribution in [-0.4, -0.2) is 28.8 Å². The van der Waals surface area contributed by atoms with Crippen LogP contribution < -0.4 is 10.6 Å². The minimum absolute atomic E-state index is 0.0268. The van der Waals surface area contributed by atoms with Crippen LogP contribution in [0.15, 0.2) is 28.7 Å². The Bertz CT molecular complexity index is 722. The lowest BCUT2D eigenvalue weighted by atomic mass is 9.85. The second kappa shape index (κ2) is 7.70. The maximum atomic E-state index is 12.3. The van der Waals surface area contributed by atoms with Crippen LogP contribution in [0.1, 0.15) is 37.1 Å². The number of aliphatic hydroxyl groups excluding tert-OH is 1. The Labute approximate surface area is 147 Å². The van der Waals surface area contributed by atoms with Crippen LogP contribution in [-0.2, 0) is 0 Å². The first-order valence-corrected chi connectivity index (χ1v) is 8.79. The first-order valence-electron chi connectivity index (χ1n) is 8.79. The van der Waals surface area contributed by atoms with Gasteiger partial charge in [0.05, 0.1) is 5.69 Å². The summed E-state index contributed by atoms with van der Waals surface area (Å²) in [5.74, 6) is 1.48. The number of aliphatic hydroxyl groups is 1. The van der Waals surface area contributed by atoms with E-state index in [1.165, 1.54) is 0 Å². The summed E-state index contributed by atoms with van der Waals surface area (Å²) in [6.45, 7) is 3.89. The normalized spacial score (nSPS) is 20.3. The molecule has 1 saturated carbocycles. The molecule has 1 aliphatic carbocycles. The number of aromatic nitrogens is 1. The number of amides is 2. The average molecular weight is 343 g/mol. The van der Waals surface area contributed by atoms with Crippen molar-refractivity contribution < 1.29 is 14.3 Å². The molecule has 2 atom stereocenters. The van der Waals surface area contributed by atoms with Gasteiger partial charge in [-0.05, 0) is 44.9 Å². The zero-order valence-corrected chi connectivity index (χ0v) is 14.7. The van der Waals surface area contributed by atoms with Gasteiger partial charge in [0.25, 0.3) is 0 Å². The number of aryl methyl sites for hydroxylation is 2. The largest absolute Gasteiger partial charge is 0.441 e. The van der Waals surface area contributed by atoms with Gasteiger partial charge >= 0.3 is 6.03 Å². The third kappa shape index (κ3) is 4.20. The van der Waals surface area contributed by atoms with Crippen molar-refractivity contribution in [2.24, 2.45) is 5.92 Å². The van der Waals surface area contributed by atoms with E-state index in [0.717, 1.165) is 42.7 Å². The smallest absolute Gasteiger partial charge is 0.319 e. The first-order chi connectivity index (χ1) is 12.1. The number of carbonyl (C=O) groups excluding carboxylic acids is 1. The molecule has 6 nitrogen and oxygen atoms in total. The van der Waals surface area contributed by atoms with Crippen LogP contribution in [0, 0.1) is 19.8 Å². The van der Waals surface area contributed by atoms with Crippen LogP contribution in [0.4, 0.5) is 10.5 Å². The molecular weight excluding hydrogens is 318 g/mol. The summed E-state index contributed by atoms with van der Waals surface area (Å²) in [4.78, 5) is 16.7. The summed E-state index contributed by atoms with van der Waals surface area (Å²) in [6, 6.07) is 7.21. The van der Waals surface area contributed by atoms with Gasteiger partial charge < -0.3 is 20.2 Å². The van der Waals surface area contributed by atoms with Gasteiger partial charge in [-0.1, -0.05) is 18.9 Å². The number of nitrogens with zero attached hydrogens (tertiary/aromatic N) is 1. The lowest BCUT2D eigenvalue weighted by Crippen LogP contribution is -2.45. The summed E-state index contributed by atoms with van der Waals surface area (Å²) < 4.78 is 5.64. The van der Waals surface area contributed by atoms with E-state index in [9.17, 15) is 9.90 Å². The second-order valence-electron chi connectivity index (χ2n) is 6.67. The summed E-state index contributed by atoms with van der Waals surface area (Å²) in [5, 5.41) is 15.3. The number of urea groups is 1. The summed E-state index contributed by atoms with van der Waals surface area (Å²) in [5.41, 5.74) is 2.36. The fourth-order valence-electron chi connectivity index (χ4n) is 3.28. The fraction of sp³-hybridized carbons (Fsp3) is 0.474. The van der Waals surface area contributed by atoms with Crippen LogP contribution in [0.2, 0.25) is 0 Å². The molecule has 1 heterocycles. The Balaban J connectivity index is 1.66. The van der Waals surface area contributed by atoms with Crippen molar-refractivity contribution in [3.63, 3.8) is 0 Å². The van der Waals surface area contributed by atoms with E-state index >= 15 is 0 Å². The molecule has 1 aromatic carbocycles. The minimum atomic E-state index is -0.248. The van der Waals surface area contributed by atoms with Crippen LogP contribution >= 0.6 is 0 Å².